The van der Waals surface area contributed by atoms with Crippen molar-refractivity contribution >= 4 is 34.0 Å². The molecule has 1 amide bonds. The van der Waals surface area contributed by atoms with Gasteiger partial charge in [-0.15, -0.1) is 10.2 Å². The minimum Gasteiger partial charge on any atom is -0.423 e. The number of ether oxygens (including phenoxy) is 1. The largest absolute Gasteiger partial charge is 0.423 e. The Morgan fingerprint density at radius 3 is 3.00 bits per heavy atom. The average Bonchev–Trinajstić information content (AvgIpc) is 2.94. The summed E-state index contributed by atoms with van der Waals surface area (Å²) in [5.41, 5.74) is 0.726. The molecule has 1 aromatic heterocycles. The molecule has 114 valence electrons. The molecule has 3 rings (SSSR count). The van der Waals surface area contributed by atoms with E-state index in [1.807, 2.05) is 19.1 Å². The second-order valence-corrected chi connectivity index (χ2v) is 5.76. The summed E-state index contributed by atoms with van der Waals surface area (Å²) in [5, 5.41) is 11.9. The van der Waals surface area contributed by atoms with Crippen molar-refractivity contribution in [2.24, 2.45) is 0 Å². The topological polar surface area (TPSA) is 84.4 Å². The Kier molecular flexibility index (Phi) is 4.01. The van der Waals surface area contributed by atoms with Gasteiger partial charge in [-0.1, -0.05) is 30.4 Å². The highest BCUT2D eigenvalue weighted by molar-refractivity contribution is 7.15. The van der Waals surface area contributed by atoms with Gasteiger partial charge in [-0.05, 0) is 18.6 Å². The predicted octanol–water partition coefficient (Wildman–Crippen LogP) is 1.46. The molecule has 0 saturated carbocycles. The zero-order chi connectivity index (χ0) is 15.5. The van der Waals surface area contributed by atoms with Gasteiger partial charge in [0, 0.05) is 0 Å². The summed E-state index contributed by atoms with van der Waals surface area (Å²) in [6.07, 6.45) is 0.777. The highest BCUT2D eigenvalue weighted by Gasteiger charge is 2.25. The highest BCUT2D eigenvalue weighted by atomic mass is 32.1. The van der Waals surface area contributed by atoms with E-state index in [1.54, 1.807) is 17.0 Å². The SMILES string of the molecule is CCc1nnc(NC(=O)CN2CC(=O)Oc3ccccc32)s1. The number of benzene rings is 1. The first kappa shape index (κ1) is 14.5. The molecule has 1 aliphatic heterocycles. The summed E-state index contributed by atoms with van der Waals surface area (Å²) in [6.45, 7) is 2.07. The van der Waals surface area contributed by atoms with E-state index < -0.39 is 0 Å². The maximum absolute atomic E-state index is 12.1. The van der Waals surface area contributed by atoms with Crippen LogP contribution in [0.4, 0.5) is 10.8 Å². The van der Waals surface area contributed by atoms with Crippen molar-refractivity contribution in [1.29, 1.82) is 0 Å². The Balaban J connectivity index is 1.70. The van der Waals surface area contributed by atoms with E-state index in [0.29, 0.717) is 10.9 Å². The number of aromatic nitrogens is 2. The van der Waals surface area contributed by atoms with Crippen molar-refractivity contribution < 1.29 is 14.3 Å². The number of aryl methyl sites for hydroxylation is 1. The molecule has 0 atom stereocenters. The molecular weight excluding hydrogens is 304 g/mol. The summed E-state index contributed by atoms with van der Waals surface area (Å²) in [5.74, 6) is -0.158. The lowest BCUT2D eigenvalue weighted by Gasteiger charge is -2.28. The van der Waals surface area contributed by atoms with Gasteiger partial charge in [-0.3, -0.25) is 10.1 Å². The van der Waals surface area contributed by atoms with Gasteiger partial charge in [0.15, 0.2) is 5.75 Å². The second kappa shape index (κ2) is 6.10. The minimum atomic E-state index is -0.379. The lowest BCUT2D eigenvalue weighted by Crippen LogP contribution is -2.41. The standard InChI is InChI=1S/C14H14N4O3S/c1-2-12-16-17-14(22-12)15-11(19)7-18-8-13(20)21-10-6-4-3-5-9(10)18/h3-6H,2,7-8H2,1H3,(H,15,17,19). The third-order valence-corrected chi connectivity index (χ3v) is 4.08. The number of amides is 1. The summed E-state index contributed by atoms with van der Waals surface area (Å²) in [7, 11) is 0. The van der Waals surface area contributed by atoms with E-state index in [-0.39, 0.29) is 25.0 Å². The third kappa shape index (κ3) is 3.06. The maximum atomic E-state index is 12.1. The van der Waals surface area contributed by atoms with Gasteiger partial charge < -0.3 is 9.64 Å². The molecule has 0 bridgehead atoms. The van der Waals surface area contributed by atoms with E-state index in [0.717, 1.165) is 17.1 Å². The molecule has 1 N–H and O–H groups in total. The van der Waals surface area contributed by atoms with Crippen molar-refractivity contribution in [3.8, 4) is 5.75 Å². The van der Waals surface area contributed by atoms with Crippen LogP contribution in [-0.2, 0) is 16.0 Å². The number of hydrogen-bond acceptors (Lipinski definition) is 7. The summed E-state index contributed by atoms with van der Waals surface area (Å²) >= 11 is 1.35. The van der Waals surface area contributed by atoms with Gasteiger partial charge in [0.2, 0.25) is 11.0 Å². The summed E-state index contributed by atoms with van der Waals surface area (Å²) < 4.78 is 5.15. The average molecular weight is 318 g/mol. The van der Waals surface area contributed by atoms with Gasteiger partial charge in [-0.25, -0.2) is 4.79 Å². The second-order valence-electron chi connectivity index (χ2n) is 4.70. The number of carbonyl (C=O) groups excluding carboxylic acids is 2. The molecule has 2 heterocycles. The number of carbonyl (C=O) groups is 2. The molecule has 22 heavy (non-hydrogen) atoms. The number of fused-ring (bicyclic) bond motifs is 1. The number of para-hydroxylation sites is 2. The fourth-order valence-electron chi connectivity index (χ4n) is 2.12. The van der Waals surface area contributed by atoms with E-state index >= 15 is 0 Å². The first-order valence-corrected chi connectivity index (χ1v) is 7.64. The Hall–Kier alpha value is -2.48. The van der Waals surface area contributed by atoms with Gasteiger partial charge >= 0.3 is 5.97 Å². The molecule has 0 spiro atoms. The van der Waals surface area contributed by atoms with Crippen LogP contribution in [0.5, 0.6) is 5.75 Å². The zero-order valence-electron chi connectivity index (χ0n) is 11.9. The van der Waals surface area contributed by atoms with Crippen LogP contribution in [0.2, 0.25) is 0 Å². The van der Waals surface area contributed by atoms with Gasteiger partial charge in [0.1, 0.15) is 11.6 Å². The van der Waals surface area contributed by atoms with E-state index in [1.165, 1.54) is 11.3 Å². The van der Waals surface area contributed by atoms with Crippen molar-refractivity contribution in [2.75, 3.05) is 23.3 Å². The summed E-state index contributed by atoms with van der Waals surface area (Å²) in [4.78, 5) is 25.4. The van der Waals surface area contributed by atoms with Crippen LogP contribution in [-0.4, -0.2) is 35.2 Å². The fraction of sp³-hybridized carbons (Fsp3) is 0.286. The Labute approximate surface area is 130 Å². The van der Waals surface area contributed by atoms with Crippen LogP contribution < -0.4 is 15.0 Å². The molecule has 0 saturated heterocycles. The lowest BCUT2D eigenvalue weighted by atomic mass is 10.2. The van der Waals surface area contributed by atoms with Crippen molar-refractivity contribution in [3.05, 3.63) is 29.3 Å². The van der Waals surface area contributed by atoms with Crippen molar-refractivity contribution in [1.82, 2.24) is 10.2 Å². The van der Waals surface area contributed by atoms with E-state index in [2.05, 4.69) is 15.5 Å². The predicted molar refractivity (Wildman–Crippen MR) is 82.2 cm³/mol. The molecule has 0 radical (unpaired) electrons. The van der Waals surface area contributed by atoms with Crippen molar-refractivity contribution in [2.45, 2.75) is 13.3 Å². The van der Waals surface area contributed by atoms with Crippen molar-refractivity contribution in [3.63, 3.8) is 0 Å². The van der Waals surface area contributed by atoms with Gasteiger partial charge in [0.25, 0.3) is 0 Å². The Bertz CT molecular complexity index is 716. The number of hydrogen-bond donors (Lipinski definition) is 1. The number of rotatable bonds is 4. The fourth-order valence-corrected chi connectivity index (χ4v) is 2.82. The van der Waals surface area contributed by atoms with Gasteiger partial charge in [-0.2, -0.15) is 0 Å². The Morgan fingerprint density at radius 2 is 2.23 bits per heavy atom. The number of nitrogens with zero attached hydrogens (tertiary/aromatic N) is 3. The van der Waals surface area contributed by atoms with Crippen LogP contribution in [0.15, 0.2) is 24.3 Å². The number of esters is 1. The molecule has 0 unspecified atom stereocenters. The highest BCUT2D eigenvalue weighted by Crippen LogP contribution is 2.31. The van der Waals surface area contributed by atoms with E-state index in [4.69, 9.17) is 4.74 Å². The molecule has 0 fully saturated rings. The molecule has 7 nitrogen and oxygen atoms in total. The van der Waals surface area contributed by atoms with Crippen LogP contribution in [0, 0.1) is 0 Å². The lowest BCUT2D eigenvalue weighted by molar-refractivity contribution is -0.133. The zero-order valence-corrected chi connectivity index (χ0v) is 12.7. The first-order valence-electron chi connectivity index (χ1n) is 6.82. The van der Waals surface area contributed by atoms with Crippen LogP contribution >= 0.6 is 11.3 Å². The monoisotopic (exact) mass is 318 g/mol. The third-order valence-electron chi connectivity index (χ3n) is 3.10. The normalized spacial score (nSPS) is 13.5. The molecule has 1 aromatic carbocycles. The van der Waals surface area contributed by atoms with Crippen LogP contribution in [0.1, 0.15) is 11.9 Å². The smallest absolute Gasteiger partial charge is 0.331 e. The molecule has 8 heteroatoms. The van der Waals surface area contributed by atoms with Crippen LogP contribution in [0.25, 0.3) is 0 Å². The van der Waals surface area contributed by atoms with E-state index in [9.17, 15) is 9.59 Å². The Morgan fingerprint density at radius 1 is 1.41 bits per heavy atom. The molecule has 1 aliphatic rings. The number of nitrogens with one attached hydrogen (secondary N) is 1. The summed E-state index contributed by atoms with van der Waals surface area (Å²) in [6, 6.07) is 7.13. The maximum Gasteiger partial charge on any atom is 0.331 e. The molecule has 0 aliphatic carbocycles. The molecule has 2 aromatic rings. The minimum absolute atomic E-state index is 0.0424. The van der Waals surface area contributed by atoms with Crippen LogP contribution in [0.3, 0.4) is 0 Å². The van der Waals surface area contributed by atoms with Gasteiger partial charge in [0.05, 0.1) is 12.2 Å². The first-order chi connectivity index (χ1) is 10.7. The number of anilines is 2. The molecular formula is C14H14N4O3S. The quantitative estimate of drug-likeness (QED) is 0.679.